The van der Waals surface area contributed by atoms with Crippen molar-refractivity contribution in [2.75, 3.05) is 26.3 Å². The minimum atomic E-state index is -4.82. The molecule has 152 valence electrons. The Bertz CT molecular complexity index is 669. The van der Waals surface area contributed by atoms with E-state index in [0.29, 0.717) is 6.07 Å². The van der Waals surface area contributed by atoms with Gasteiger partial charge in [-0.15, -0.1) is 0 Å². The van der Waals surface area contributed by atoms with Crippen molar-refractivity contribution in [2.24, 2.45) is 0 Å². The third-order valence-electron chi connectivity index (χ3n) is 3.98. The molecular weight excluding hydrogens is 381 g/mol. The minimum Gasteiger partial charge on any atom is -0.490 e. The molecule has 1 aromatic rings. The summed E-state index contributed by atoms with van der Waals surface area (Å²) in [7, 11) is 0. The highest BCUT2D eigenvalue weighted by Gasteiger charge is 2.37. The van der Waals surface area contributed by atoms with Crippen LogP contribution in [-0.4, -0.2) is 65.9 Å². The average molecular weight is 399 g/mol. The van der Waals surface area contributed by atoms with Crippen LogP contribution in [0.5, 0.6) is 5.75 Å². The second-order valence-corrected chi connectivity index (χ2v) is 5.99. The molecule has 1 aromatic carbocycles. The van der Waals surface area contributed by atoms with E-state index in [1.54, 1.807) is 0 Å². The Morgan fingerprint density at radius 3 is 2.67 bits per heavy atom. The van der Waals surface area contributed by atoms with Crippen LogP contribution in [0.25, 0.3) is 0 Å². The zero-order valence-corrected chi connectivity index (χ0v) is 14.0. The van der Waals surface area contributed by atoms with Gasteiger partial charge >= 0.3 is 12.3 Å². The van der Waals surface area contributed by atoms with Crippen molar-refractivity contribution in [3.63, 3.8) is 0 Å². The molecule has 0 saturated carbocycles. The summed E-state index contributed by atoms with van der Waals surface area (Å²) in [6.45, 7) is -0.345. The van der Waals surface area contributed by atoms with Gasteiger partial charge < -0.3 is 24.6 Å². The van der Waals surface area contributed by atoms with Crippen LogP contribution < -0.4 is 4.74 Å². The van der Waals surface area contributed by atoms with Crippen LogP contribution in [-0.2, 0) is 11.2 Å². The van der Waals surface area contributed by atoms with E-state index in [0.717, 1.165) is 11.0 Å². The Balaban J connectivity index is 1.97. The summed E-state index contributed by atoms with van der Waals surface area (Å²) in [4.78, 5) is 12.1. The molecule has 2 rings (SSSR count). The number of aliphatic hydroxyl groups is 1. The predicted octanol–water partition coefficient (Wildman–Crippen LogP) is 2.58. The van der Waals surface area contributed by atoms with Crippen molar-refractivity contribution >= 4 is 6.09 Å². The van der Waals surface area contributed by atoms with E-state index in [9.17, 15) is 26.7 Å². The normalized spacial score (nSPS) is 19.0. The summed E-state index contributed by atoms with van der Waals surface area (Å²) >= 11 is 0. The first kappa shape index (κ1) is 21.2. The largest absolute Gasteiger partial charge is 0.490 e. The molecule has 2 atom stereocenters. The van der Waals surface area contributed by atoms with Gasteiger partial charge in [-0.1, -0.05) is 0 Å². The standard InChI is InChI=1S/C16H18F5NO5/c17-11-7-13(27-3-1-14(23)16(19,20)21)12(18)6-9(11)5-10-8-22(15(24)25)2-4-26-10/h6-7,10,14,23H,1-5,8H2,(H,24,25)/t10-,14-/m1/s1. The van der Waals surface area contributed by atoms with Crippen molar-refractivity contribution < 1.29 is 46.4 Å². The van der Waals surface area contributed by atoms with Crippen molar-refractivity contribution in [2.45, 2.75) is 31.2 Å². The van der Waals surface area contributed by atoms with Gasteiger partial charge in [-0.05, 0) is 11.6 Å². The molecule has 0 spiro atoms. The van der Waals surface area contributed by atoms with Gasteiger partial charge in [0.15, 0.2) is 17.7 Å². The molecule has 1 aliphatic rings. The van der Waals surface area contributed by atoms with E-state index in [-0.39, 0.29) is 31.7 Å². The summed E-state index contributed by atoms with van der Waals surface area (Å²) in [5, 5.41) is 17.8. The van der Waals surface area contributed by atoms with Gasteiger partial charge in [0, 0.05) is 25.5 Å². The second-order valence-electron chi connectivity index (χ2n) is 5.99. The van der Waals surface area contributed by atoms with E-state index < -0.39 is 54.9 Å². The number of benzene rings is 1. The second kappa shape index (κ2) is 8.70. The maximum atomic E-state index is 14.2. The lowest BCUT2D eigenvalue weighted by molar-refractivity contribution is -0.206. The molecular formula is C16H18F5NO5. The number of carboxylic acid groups (broad SMARTS) is 1. The molecule has 11 heteroatoms. The molecule has 1 saturated heterocycles. The van der Waals surface area contributed by atoms with Gasteiger partial charge in [0.25, 0.3) is 0 Å². The monoisotopic (exact) mass is 399 g/mol. The van der Waals surface area contributed by atoms with Gasteiger partial charge in [-0.25, -0.2) is 13.6 Å². The Kier molecular flexibility index (Phi) is 6.82. The third kappa shape index (κ3) is 5.93. The van der Waals surface area contributed by atoms with Gasteiger partial charge in [-0.3, -0.25) is 0 Å². The fraction of sp³-hybridized carbons (Fsp3) is 0.562. The molecule has 1 heterocycles. The number of hydrogen-bond donors (Lipinski definition) is 2. The van der Waals surface area contributed by atoms with E-state index >= 15 is 0 Å². The summed E-state index contributed by atoms with van der Waals surface area (Å²) in [6, 6.07) is 1.52. The first-order valence-electron chi connectivity index (χ1n) is 8.03. The Hall–Kier alpha value is -2.14. The molecule has 0 bridgehead atoms. The van der Waals surface area contributed by atoms with Crippen LogP contribution >= 0.6 is 0 Å². The van der Waals surface area contributed by atoms with Crippen LogP contribution in [0, 0.1) is 11.6 Å². The topological polar surface area (TPSA) is 79.2 Å². The number of rotatable bonds is 6. The highest BCUT2D eigenvalue weighted by molar-refractivity contribution is 5.65. The van der Waals surface area contributed by atoms with Crippen molar-refractivity contribution in [3.8, 4) is 5.75 Å². The van der Waals surface area contributed by atoms with E-state index in [1.165, 1.54) is 0 Å². The first-order chi connectivity index (χ1) is 12.6. The maximum absolute atomic E-state index is 14.2. The predicted molar refractivity (Wildman–Crippen MR) is 81.6 cm³/mol. The van der Waals surface area contributed by atoms with Crippen LogP contribution in [0.4, 0.5) is 26.7 Å². The van der Waals surface area contributed by atoms with Crippen molar-refractivity contribution in [3.05, 3.63) is 29.3 Å². The van der Waals surface area contributed by atoms with Crippen molar-refractivity contribution in [1.29, 1.82) is 0 Å². The fourth-order valence-corrected chi connectivity index (χ4v) is 2.54. The Labute approximate surface area is 151 Å². The summed E-state index contributed by atoms with van der Waals surface area (Å²) in [6.07, 6.45) is -10.1. The molecule has 6 nitrogen and oxygen atoms in total. The summed E-state index contributed by atoms with van der Waals surface area (Å²) in [5.41, 5.74) is -0.0765. The van der Waals surface area contributed by atoms with Crippen LogP contribution in [0.2, 0.25) is 0 Å². The van der Waals surface area contributed by atoms with Gasteiger partial charge in [0.1, 0.15) is 5.82 Å². The Morgan fingerprint density at radius 2 is 2.04 bits per heavy atom. The Morgan fingerprint density at radius 1 is 1.33 bits per heavy atom. The SMILES string of the molecule is O=C(O)N1CCO[C@H](Cc2cc(F)c(OCC[C@@H](O)C(F)(F)F)cc2F)C1. The number of carbonyl (C=O) groups is 1. The number of hydrogen-bond acceptors (Lipinski definition) is 4. The molecule has 0 radical (unpaired) electrons. The maximum Gasteiger partial charge on any atom is 0.414 e. The lowest BCUT2D eigenvalue weighted by Crippen LogP contribution is -2.45. The number of morpholine rings is 1. The number of halogens is 5. The van der Waals surface area contributed by atoms with E-state index in [4.69, 9.17) is 19.7 Å². The number of amides is 1. The average Bonchev–Trinajstić information content (AvgIpc) is 2.58. The zero-order valence-electron chi connectivity index (χ0n) is 14.0. The number of alkyl halides is 3. The molecule has 1 aliphatic heterocycles. The summed E-state index contributed by atoms with van der Waals surface area (Å²) < 4.78 is 74.9. The van der Waals surface area contributed by atoms with Crippen LogP contribution in [0.15, 0.2) is 12.1 Å². The highest BCUT2D eigenvalue weighted by atomic mass is 19.4. The fourth-order valence-electron chi connectivity index (χ4n) is 2.54. The van der Waals surface area contributed by atoms with Gasteiger partial charge in [0.2, 0.25) is 0 Å². The quantitative estimate of drug-likeness (QED) is 0.719. The van der Waals surface area contributed by atoms with E-state index in [2.05, 4.69) is 0 Å². The highest BCUT2D eigenvalue weighted by Crippen LogP contribution is 2.26. The molecule has 1 amide bonds. The number of ether oxygens (including phenoxy) is 2. The molecule has 0 aliphatic carbocycles. The lowest BCUT2D eigenvalue weighted by Gasteiger charge is -2.31. The molecule has 0 unspecified atom stereocenters. The molecule has 2 N–H and O–H groups in total. The smallest absolute Gasteiger partial charge is 0.414 e. The van der Waals surface area contributed by atoms with E-state index in [1.807, 2.05) is 0 Å². The molecule has 1 fully saturated rings. The van der Waals surface area contributed by atoms with Crippen LogP contribution in [0.1, 0.15) is 12.0 Å². The van der Waals surface area contributed by atoms with Gasteiger partial charge in [-0.2, -0.15) is 13.2 Å². The lowest BCUT2D eigenvalue weighted by atomic mass is 10.1. The minimum absolute atomic E-state index is 0.00394. The molecule has 0 aromatic heterocycles. The summed E-state index contributed by atoms with van der Waals surface area (Å²) in [5.74, 6) is -2.43. The number of aliphatic hydroxyl groups excluding tert-OH is 1. The number of nitrogens with zero attached hydrogens (tertiary/aromatic N) is 1. The zero-order chi connectivity index (χ0) is 20.2. The van der Waals surface area contributed by atoms with Crippen molar-refractivity contribution in [1.82, 2.24) is 4.90 Å². The van der Waals surface area contributed by atoms with Crippen LogP contribution in [0.3, 0.4) is 0 Å². The third-order valence-corrected chi connectivity index (χ3v) is 3.98. The first-order valence-corrected chi connectivity index (χ1v) is 8.03. The molecule has 27 heavy (non-hydrogen) atoms. The van der Waals surface area contributed by atoms with Gasteiger partial charge in [0.05, 0.1) is 25.9 Å².